The van der Waals surface area contributed by atoms with Gasteiger partial charge in [-0.3, -0.25) is 9.78 Å². The molecule has 0 spiro atoms. The van der Waals surface area contributed by atoms with Gasteiger partial charge in [0.1, 0.15) is 6.04 Å². The summed E-state index contributed by atoms with van der Waals surface area (Å²) in [4.78, 5) is 14.9. The van der Waals surface area contributed by atoms with E-state index >= 15 is 0 Å². The van der Waals surface area contributed by atoms with Crippen LogP contribution in [0.25, 0.3) is 0 Å². The number of nitrogens with one attached hydrogen (secondary N) is 1. The number of carbonyl (C=O) groups is 1. The smallest absolute Gasteiger partial charge is 0.259 e. The molecule has 1 atom stereocenters. The first-order valence-corrected chi connectivity index (χ1v) is 4.33. The largest absolute Gasteiger partial charge is 0.394 e. The van der Waals surface area contributed by atoms with E-state index in [4.69, 9.17) is 10.8 Å². The lowest BCUT2D eigenvalue weighted by Crippen LogP contribution is -2.40. The summed E-state index contributed by atoms with van der Waals surface area (Å²) in [5.74, 6) is -0.525. The van der Waals surface area contributed by atoms with E-state index in [0.29, 0.717) is 0 Å². The summed E-state index contributed by atoms with van der Waals surface area (Å²) in [6.45, 7) is -0.406. The minimum atomic E-state index is -0.945. The summed E-state index contributed by atoms with van der Waals surface area (Å²) >= 11 is 0. The van der Waals surface area contributed by atoms with Gasteiger partial charge in [0.25, 0.3) is 5.91 Å². The van der Waals surface area contributed by atoms with E-state index in [0.717, 1.165) is 5.56 Å². The topological polar surface area (TPSA) is 101 Å². The first-order chi connectivity index (χ1) is 7.24. The maximum Gasteiger partial charge on any atom is 0.259 e. The first-order valence-electron chi connectivity index (χ1n) is 4.33. The minimum Gasteiger partial charge on any atom is -0.394 e. The van der Waals surface area contributed by atoms with E-state index in [1.54, 1.807) is 24.5 Å². The Labute approximate surface area is 86.8 Å². The molecule has 1 aromatic heterocycles. The van der Waals surface area contributed by atoms with E-state index in [2.05, 4.69) is 15.5 Å². The quantitative estimate of drug-likeness (QED) is 0.429. The molecule has 6 heteroatoms. The number of nitrogens with two attached hydrogens (primary N) is 1. The average Bonchev–Trinajstić information content (AvgIpc) is 2.29. The molecule has 0 aliphatic rings. The molecule has 1 rings (SSSR count). The third kappa shape index (κ3) is 3.84. The Morgan fingerprint density at radius 2 is 2.33 bits per heavy atom. The van der Waals surface area contributed by atoms with E-state index in [1.807, 2.05) is 0 Å². The number of aromatic nitrogens is 1. The molecular weight excluding hydrogens is 196 g/mol. The molecule has 15 heavy (non-hydrogen) atoms. The van der Waals surface area contributed by atoms with Gasteiger partial charge >= 0.3 is 0 Å². The van der Waals surface area contributed by atoms with Crippen molar-refractivity contribution < 1.29 is 9.90 Å². The molecule has 0 aliphatic heterocycles. The van der Waals surface area contributed by atoms with Crippen LogP contribution in [0.4, 0.5) is 0 Å². The molecule has 0 saturated heterocycles. The van der Waals surface area contributed by atoms with Crippen molar-refractivity contribution in [3.63, 3.8) is 0 Å². The Bertz CT molecular complexity index is 339. The highest BCUT2D eigenvalue weighted by molar-refractivity contribution is 5.84. The zero-order valence-corrected chi connectivity index (χ0v) is 8.00. The normalized spacial score (nSPS) is 12.7. The molecule has 0 aromatic carbocycles. The van der Waals surface area contributed by atoms with Crippen molar-refractivity contribution in [2.75, 3.05) is 6.61 Å². The van der Waals surface area contributed by atoms with Crippen LogP contribution in [-0.2, 0) is 4.79 Å². The highest BCUT2D eigenvalue weighted by Gasteiger charge is 2.09. The fraction of sp³-hybridized carbons (Fsp3) is 0.222. The summed E-state index contributed by atoms with van der Waals surface area (Å²) in [6, 6.07) is 2.53. The van der Waals surface area contributed by atoms with Gasteiger partial charge in [0.05, 0.1) is 12.8 Å². The van der Waals surface area contributed by atoms with Gasteiger partial charge in [-0.25, -0.2) is 5.43 Å². The van der Waals surface area contributed by atoms with Crippen molar-refractivity contribution >= 4 is 12.1 Å². The number of pyridine rings is 1. The minimum absolute atomic E-state index is 0.406. The number of aliphatic hydroxyl groups excluding tert-OH is 1. The van der Waals surface area contributed by atoms with E-state index in [9.17, 15) is 4.79 Å². The average molecular weight is 208 g/mol. The zero-order valence-electron chi connectivity index (χ0n) is 8.00. The van der Waals surface area contributed by atoms with Crippen LogP contribution in [-0.4, -0.2) is 34.9 Å². The lowest BCUT2D eigenvalue weighted by atomic mass is 10.3. The van der Waals surface area contributed by atoms with Crippen LogP contribution in [0.2, 0.25) is 0 Å². The molecular formula is C9H12N4O2. The number of hydrogen-bond donors (Lipinski definition) is 3. The van der Waals surface area contributed by atoms with Crippen molar-refractivity contribution in [1.29, 1.82) is 0 Å². The first kappa shape index (κ1) is 11.3. The van der Waals surface area contributed by atoms with Crippen LogP contribution in [0.3, 0.4) is 0 Å². The molecule has 0 aliphatic carbocycles. The highest BCUT2D eigenvalue weighted by Crippen LogP contribution is 1.90. The van der Waals surface area contributed by atoms with E-state index in [1.165, 1.54) is 6.21 Å². The molecule has 1 amide bonds. The molecule has 1 heterocycles. The predicted molar refractivity (Wildman–Crippen MR) is 55.0 cm³/mol. The lowest BCUT2D eigenvalue weighted by Gasteiger charge is -2.04. The maximum absolute atomic E-state index is 11.0. The summed E-state index contributed by atoms with van der Waals surface area (Å²) in [6.07, 6.45) is 4.69. The van der Waals surface area contributed by atoms with Gasteiger partial charge in [-0.1, -0.05) is 0 Å². The van der Waals surface area contributed by atoms with Crippen molar-refractivity contribution in [3.05, 3.63) is 30.1 Å². The number of aliphatic hydroxyl groups is 1. The second-order valence-corrected chi connectivity index (χ2v) is 2.80. The van der Waals surface area contributed by atoms with Crippen molar-refractivity contribution in [2.45, 2.75) is 6.04 Å². The summed E-state index contributed by atoms with van der Waals surface area (Å²) in [5, 5.41) is 12.2. The van der Waals surface area contributed by atoms with Crippen LogP contribution in [0.15, 0.2) is 29.6 Å². The Hall–Kier alpha value is -1.79. The number of nitrogens with zero attached hydrogens (tertiary/aromatic N) is 2. The number of hydrogen-bond acceptors (Lipinski definition) is 5. The van der Waals surface area contributed by atoms with Crippen LogP contribution >= 0.6 is 0 Å². The van der Waals surface area contributed by atoms with E-state index in [-0.39, 0.29) is 0 Å². The second kappa shape index (κ2) is 5.84. The molecule has 0 saturated carbocycles. The van der Waals surface area contributed by atoms with Gasteiger partial charge < -0.3 is 10.8 Å². The lowest BCUT2D eigenvalue weighted by molar-refractivity contribution is -0.123. The highest BCUT2D eigenvalue weighted by atomic mass is 16.3. The molecule has 0 fully saturated rings. The van der Waals surface area contributed by atoms with Crippen LogP contribution in [0.1, 0.15) is 5.56 Å². The SMILES string of the molecule is NC(CO)C(=O)N/N=C/c1ccncc1. The van der Waals surface area contributed by atoms with Gasteiger partial charge in [0.15, 0.2) is 0 Å². The summed E-state index contributed by atoms with van der Waals surface area (Å²) < 4.78 is 0. The van der Waals surface area contributed by atoms with Gasteiger partial charge in [0, 0.05) is 12.4 Å². The Morgan fingerprint density at radius 1 is 1.67 bits per heavy atom. The fourth-order valence-corrected chi connectivity index (χ4v) is 0.786. The molecule has 1 unspecified atom stereocenters. The second-order valence-electron chi connectivity index (χ2n) is 2.80. The monoisotopic (exact) mass is 208 g/mol. The van der Waals surface area contributed by atoms with Gasteiger partial charge in [0.2, 0.25) is 0 Å². The fourth-order valence-electron chi connectivity index (χ4n) is 0.786. The van der Waals surface area contributed by atoms with Crippen molar-refractivity contribution in [1.82, 2.24) is 10.4 Å². The van der Waals surface area contributed by atoms with Crippen LogP contribution < -0.4 is 11.2 Å². The molecule has 0 radical (unpaired) electrons. The summed E-state index contributed by atoms with van der Waals surface area (Å²) in [5.41, 5.74) is 8.27. The Balaban J connectivity index is 2.44. The molecule has 1 aromatic rings. The van der Waals surface area contributed by atoms with Crippen LogP contribution in [0.5, 0.6) is 0 Å². The van der Waals surface area contributed by atoms with Crippen molar-refractivity contribution in [2.24, 2.45) is 10.8 Å². The van der Waals surface area contributed by atoms with Crippen LogP contribution in [0, 0.1) is 0 Å². The van der Waals surface area contributed by atoms with Gasteiger partial charge in [-0.2, -0.15) is 5.10 Å². The number of rotatable bonds is 4. The molecule has 4 N–H and O–H groups in total. The van der Waals surface area contributed by atoms with Crippen molar-refractivity contribution in [3.8, 4) is 0 Å². The Morgan fingerprint density at radius 3 is 2.93 bits per heavy atom. The predicted octanol–water partition coefficient (Wildman–Crippen LogP) is -1.15. The molecule has 6 nitrogen and oxygen atoms in total. The number of hydrazone groups is 1. The standard InChI is InChI=1S/C9H12N4O2/c10-8(6-14)9(15)13-12-5-7-1-3-11-4-2-7/h1-5,8,14H,6,10H2,(H,13,15)/b12-5+. The third-order valence-corrected chi connectivity index (χ3v) is 1.63. The summed E-state index contributed by atoms with van der Waals surface area (Å²) in [7, 11) is 0. The van der Waals surface area contributed by atoms with Gasteiger partial charge in [-0.05, 0) is 17.7 Å². The number of amides is 1. The maximum atomic E-state index is 11.0. The van der Waals surface area contributed by atoms with Gasteiger partial charge in [-0.15, -0.1) is 0 Å². The third-order valence-electron chi connectivity index (χ3n) is 1.63. The number of carbonyl (C=O) groups excluding carboxylic acids is 1. The zero-order chi connectivity index (χ0) is 11.1. The molecule has 80 valence electrons. The molecule has 0 bridgehead atoms. The Kier molecular flexibility index (Phi) is 4.39. The van der Waals surface area contributed by atoms with E-state index < -0.39 is 18.6 Å².